The van der Waals surface area contributed by atoms with Crippen molar-refractivity contribution >= 4 is 11.6 Å². The Labute approximate surface area is 126 Å². The van der Waals surface area contributed by atoms with Crippen molar-refractivity contribution < 1.29 is 9.53 Å². The van der Waals surface area contributed by atoms with E-state index in [2.05, 4.69) is 20.6 Å². The van der Waals surface area contributed by atoms with Gasteiger partial charge in [-0.25, -0.2) is 0 Å². The summed E-state index contributed by atoms with van der Waals surface area (Å²) in [7, 11) is 3.22. The zero-order chi connectivity index (χ0) is 15.5. The first-order valence-corrected chi connectivity index (χ1v) is 6.66. The van der Waals surface area contributed by atoms with Crippen LogP contribution in [0, 0.1) is 0 Å². The second kappa shape index (κ2) is 5.72. The van der Waals surface area contributed by atoms with E-state index in [9.17, 15) is 4.79 Å². The topological polar surface area (TPSA) is 84.8 Å². The lowest BCUT2D eigenvalue weighted by Crippen LogP contribution is -2.12. The summed E-state index contributed by atoms with van der Waals surface area (Å²) in [6.07, 6.45) is 3.31. The van der Waals surface area contributed by atoms with Crippen molar-refractivity contribution in [3.8, 4) is 17.1 Å². The van der Waals surface area contributed by atoms with Gasteiger partial charge in [0.2, 0.25) is 5.88 Å². The highest BCUT2D eigenvalue weighted by atomic mass is 16.5. The van der Waals surface area contributed by atoms with Crippen molar-refractivity contribution in [3.05, 3.63) is 48.3 Å². The largest absolute Gasteiger partial charge is 0.479 e. The van der Waals surface area contributed by atoms with E-state index < -0.39 is 0 Å². The van der Waals surface area contributed by atoms with Crippen molar-refractivity contribution in [2.45, 2.75) is 0 Å². The molecule has 7 nitrogen and oxygen atoms in total. The molecule has 3 aromatic rings. The smallest absolute Gasteiger partial charge is 0.262 e. The van der Waals surface area contributed by atoms with Crippen LogP contribution in [0.5, 0.6) is 5.88 Å². The Morgan fingerprint density at radius 1 is 1.27 bits per heavy atom. The third-order valence-electron chi connectivity index (χ3n) is 3.19. The van der Waals surface area contributed by atoms with Gasteiger partial charge in [0.15, 0.2) is 0 Å². The molecule has 0 aliphatic heterocycles. The van der Waals surface area contributed by atoms with Gasteiger partial charge in [0.05, 0.1) is 12.8 Å². The molecule has 0 aliphatic rings. The molecule has 7 heteroatoms. The van der Waals surface area contributed by atoms with Gasteiger partial charge >= 0.3 is 0 Å². The van der Waals surface area contributed by atoms with Gasteiger partial charge in [0, 0.05) is 25.1 Å². The summed E-state index contributed by atoms with van der Waals surface area (Å²) in [5, 5.41) is 13.7. The maximum absolute atomic E-state index is 12.3. The quantitative estimate of drug-likeness (QED) is 0.772. The van der Waals surface area contributed by atoms with Crippen molar-refractivity contribution in [1.29, 1.82) is 0 Å². The molecule has 112 valence electrons. The first-order valence-electron chi connectivity index (χ1n) is 6.66. The number of rotatable bonds is 4. The summed E-state index contributed by atoms with van der Waals surface area (Å²) < 4.78 is 6.63. The fourth-order valence-electron chi connectivity index (χ4n) is 2.12. The number of nitrogens with one attached hydrogen (secondary N) is 2. The molecule has 0 bridgehead atoms. The highest BCUT2D eigenvalue weighted by Gasteiger charge is 2.16. The molecule has 0 fully saturated rings. The second-order valence-corrected chi connectivity index (χ2v) is 4.73. The predicted molar refractivity (Wildman–Crippen MR) is 81.7 cm³/mol. The lowest BCUT2D eigenvalue weighted by Gasteiger charge is -2.05. The van der Waals surface area contributed by atoms with Gasteiger partial charge in [0.1, 0.15) is 5.56 Å². The summed E-state index contributed by atoms with van der Waals surface area (Å²) in [5.74, 6) is 0.0355. The standard InChI is InChI=1S/C15H15N5O2/c1-20-9-12(15(19-20)22-2)14(21)17-11-5-3-10(4-6-11)13-7-8-16-18-13/h3-9H,1-2H3,(H,16,18)(H,17,21). The maximum Gasteiger partial charge on any atom is 0.262 e. The minimum absolute atomic E-state index is 0.265. The van der Waals surface area contributed by atoms with Crippen LogP contribution in [-0.4, -0.2) is 33.0 Å². The molecule has 0 radical (unpaired) electrons. The summed E-state index contributed by atoms with van der Waals surface area (Å²) >= 11 is 0. The fraction of sp³-hybridized carbons (Fsp3) is 0.133. The Morgan fingerprint density at radius 2 is 2.05 bits per heavy atom. The van der Waals surface area contributed by atoms with E-state index in [0.29, 0.717) is 17.1 Å². The molecule has 0 atom stereocenters. The van der Waals surface area contributed by atoms with Crippen LogP contribution >= 0.6 is 0 Å². The number of anilines is 1. The first-order chi connectivity index (χ1) is 10.7. The highest BCUT2D eigenvalue weighted by molar-refractivity contribution is 6.05. The number of H-pyrrole nitrogens is 1. The lowest BCUT2D eigenvalue weighted by molar-refractivity contribution is 0.102. The Morgan fingerprint density at radius 3 is 2.68 bits per heavy atom. The molecule has 0 saturated carbocycles. The Bertz CT molecular complexity index is 775. The van der Waals surface area contributed by atoms with Gasteiger partial charge in [0.25, 0.3) is 5.91 Å². The molecule has 22 heavy (non-hydrogen) atoms. The SMILES string of the molecule is COc1nn(C)cc1C(=O)Nc1ccc(-c2ccn[nH]2)cc1. The number of nitrogens with zero attached hydrogens (tertiary/aromatic N) is 3. The van der Waals surface area contributed by atoms with Crippen LogP contribution in [0.4, 0.5) is 5.69 Å². The van der Waals surface area contributed by atoms with Crippen LogP contribution in [0.1, 0.15) is 10.4 Å². The molecule has 0 saturated heterocycles. The van der Waals surface area contributed by atoms with E-state index in [1.165, 1.54) is 11.8 Å². The Kier molecular flexibility index (Phi) is 3.61. The number of benzene rings is 1. The van der Waals surface area contributed by atoms with Crippen molar-refractivity contribution in [1.82, 2.24) is 20.0 Å². The van der Waals surface area contributed by atoms with Gasteiger partial charge < -0.3 is 10.1 Å². The van der Waals surface area contributed by atoms with Crippen LogP contribution in [0.3, 0.4) is 0 Å². The molecule has 0 spiro atoms. The molecular weight excluding hydrogens is 282 g/mol. The summed E-state index contributed by atoms with van der Waals surface area (Å²) in [6.45, 7) is 0. The number of amides is 1. The van der Waals surface area contributed by atoms with E-state index in [0.717, 1.165) is 11.3 Å². The van der Waals surface area contributed by atoms with Crippen LogP contribution in [0.15, 0.2) is 42.7 Å². The van der Waals surface area contributed by atoms with E-state index in [1.54, 1.807) is 19.4 Å². The van der Waals surface area contributed by atoms with Gasteiger partial charge in [-0.2, -0.15) is 5.10 Å². The van der Waals surface area contributed by atoms with Crippen molar-refractivity contribution in [3.63, 3.8) is 0 Å². The molecule has 1 aromatic carbocycles. The zero-order valence-electron chi connectivity index (χ0n) is 12.2. The minimum Gasteiger partial charge on any atom is -0.479 e. The van der Waals surface area contributed by atoms with E-state index >= 15 is 0 Å². The number of carbonyl (C=O) groups excluding carboxylic acids is 1. The van der Waals surface area contributed by atoms with Crippen LogP contribution in [0.2, 0.25) is 0 Å². The average Bonchev–Trinajstić information content (AvgIpc) is 3.17. The molecule has 2 N–H and O–H groups in total. The fourth-order valence-corrected chi connectivity index (χ4v) is 2.12. The van der Waals surface area contributed by atoms with Crippen molar-refractivity contribution in [2.24, 2.45) is 7.05 Å². The summed E-state index contributed by atoms with van der Waals surface area (Å²) in [4.78, 5) is 12.3. The number of aromatic amines is 1. The van der Waals surface area contributed by atoms with Gasteiger partial charge in [-0.1, -0.05) is 12.1 Å². The van der Waals surface area contributed by atoms with Crippen LogP contribution in [0.25, 0.3) is 11.3 Å². The third kappa shape index (κ3) is 2.69. The minimum atomic E-state index is -0.265. The lowest BCUT2D eigenvalue weighted by atomic mass is 10.1. The molecule has 1 amide bonds. The molecule has 3 rings (SSSR count). The molecule has 2 aromatic heterocycles. The zero-order valence-corrected chi connectivity index (χ0v) is 12.2. The number of carbonyl (C=O) groups is 1. The van der Waals surface area contributed by atoms with Gasteiger partial charge in [-0.05, 0) is 23.8 Å². The number of hydrogen-bond donors (Lipinski definition) is 2. The Hall–Kier alpha value is -3.09. The third-order valence-corrected chi connectivity index (χ3v) is 3.19. The first kappa shape index (κ1) is 13.9. The molecule has 2 heterocycles. The van der Waals surface area contributed by atoms with E-state index in [-0.39, 0.29) is 5.91 Å². The van der Waals surface area contributed by atoms with Crippen molar-refractivity contribution in [2.75, 3.05) is 12.4 Å². The molecular formula is C15H15N5O2. The summed E-state index contributed by atoms with van der Waals surface area (Å²) in [5.41, 5.74) is 3.00. The maximum atomic E-state index is 12.3. The molecule has 0 aliphatic carbocycles. The van der Waals surface area contributed by atoms with Crippen LogP contribution < -0.4 is 10.1 Å². The van der Waals surface area contributed by atoms with Gasteiger partial charge in [-0.3, -0.25) is 14.6 Å². The molecule has 0 unspecified atom stereocenters. The van der Waals surface area contributed by atoms with E-state index in [4.69, 9.17) is 4.74 Å². The normalized spacial score (nSPS) is 10.5. The average molecular weight is 297 g/mol. The monoisotopic (exact) mass is 297 g/mol. The van der Waals surface area contributed by atoms with E-state index in [1.807, 2.05) is 30.3 Å². The number of aryl methyl sites for hydroxylation is 1. The second-order valence-electron chi connectivity index (χ2n) is 4.73. The highest BCUT2D eigenvalue weighted by Crippen LogP contribution is 2.21. The number of hydrogen-bond acceptors (Lipinski definition) is 4. The van der Waals surface area contributed by atoms with Gasteiger partial charge in [-0.15, -0.1) is 5.10 Å². The number of aromatic nitrogens is 4. The summed E-state index contributed by atoms with van der Waals surface area (Å²) in [6, 6.07) is 9.36. The predicted octanol–water partition coefficient (Wildman–Crippen LogP) is 2.07. The van der Waals surface area contributed by atoms with Crippen LogP contribution in [-0.2, 0) is 7.05 Å². The number of ether oxygens (including phenoxy) is 1. The Balaban J connectivity index is 1.76. The number of methoxy groups -OCH3 is 1.